The zero-order valence-corrected chi connectivity index (χ0v) is 14.1. The van der Waals surface area contributed by atoms with Crippen LogP contribution < -0.4 is 15.0 Å². The third-order valence-corrected chi connectivity index (χ3v) is 4.64. The van der Waals surface area contributed by atoms with Crippen molar-refractivity contribution in [3.05, 3.63) is 53.6 Å². The van der Waals surface area contributed by atoms with Crippen molar-refractivity contribution in [2.45, 2.75) is 32.7 Å². The van der Waals surface area contributed by atoms with Gasteiger partial charge in [-0.15, -0.1) is 0 Å². The van der Waals surface area contributed by atoms with Gasteiger partial charge in [0.2, 0.25) is 0 Å². The Labute approximate surface area is 139 Å². The largest absolute Gasteiger partial charge is 0.497 e. The summed E-state index contributed by atoms with van der Waals surface area (Å²) in [5.41, 5.74) is 5.28. The molecule has 2 aromatic rings. The van der Waals surface area contributed by atoms with Gasteiger partial charge in [-0.2, -0.15) is 0 Å². The zero-order valence-electron chi connectivity index (χ0n) is 14.1. The number of rotatable bonds is 5. The van der Waals surface area contributed by atoms with E-state index in [2.05, 4.69) is 47.5 Å². The molecule has 3 rings (SSSR count). The van der Waals surface area contributed by atoms with Gasteiger partial charge in [0.25, 0.3) is 0 Å². The van der Waals surface area contributed by atoms with Crippen LogP contribution in [-0.4, -0.2) is 20.2 Å². The van der Waals surface area contributed by atoms with E-state index in [1.807, 2.05) is 12.1 Å². The molecule has 0 saturated carbocycles. The van der Waals surface area contributed by atoms with E-state index in [1.54, 1.807) is 7.11 Å². The van der Waals surface area contributed by atoms with E-state index in [9.17, 15) is 0 Å². The smallest absolute Gasteiger partial charge is 0.119 e. The van der Waals surface area contributed by atoms with E-state index in [1.165, 1.54) is 49.2 Å². The Hall–Kier alpha value is -2.16. The maximum atomic E-state index is 5.22. The molecule has 0 aliphatic carbocycles. The molecule has 1 heterocycles. The molecular formula is C20H26N2O. The molecule has 1 aliphatic rings. The van der Waals surface area contributed by atoms with E-state index in [0.717, 1.165) is 18.0 Å². The molecule has 0 amide bonds. The fraction of sp³-hybridized carbons (Fsp3) is 0.400. The highest BCUT2D eigenvalue weighted by atomic mass is 16.5. The molecule has 1 N–H and O–H groups in total. The van der Waals surface area contributed by atoms with E-state index in [0.29, 0.717) is 0 Å². The highest BCUT2D eigenvalue weighted by Crippen LogP contribution is 2.27. The lowest BCUT2D eigenvalue weighted by Crippen LogP contribution is -2.30. The summed E-state index contributed by atoms with van der Waals surface area (Å²) in [5.74, 6) is 0.889. The molecular weight excluding hydrogens is 284 g/mol. The molecule has 122 valence electrons. The number of aryl methyl sites for hydroxylation is 1. The third-order valence-electron chi connectivity index (χ3n) is 4.64. The summed E-state index contributed by atoms with van der Waals surface area (Å²) in [6.07, 6.45) is 3.97. The van der Waals surface area contributed by atoms with E-state index in [4.69, 9.17) is 4.74 Å². The molecule has 1 fully saturated rings. The summed E-state index contributed by atoms with van der Waals surface area (Å²) >= 11 is 0. The van der Waals surface area contributed by atoms with Crippen LogP contribution in [0.1, 0.15) is 30.4 Å². The van der Waals surface area contributed by atoms with Gasteiger partial charge in [0.15, 0.2) is 0 Å². The summed E-state index contributed by atoms with van der Waals surface area (Å²) in [6.45, 7) is 5.42. The average Bonchev–Trinajstić information content (AvgIpc) is 2.62. The Balaban J connectivity index is 1.75. The Kier molecular flexibility index (Phi) is 5.06. The summed E-state index contributed by atoms with van der Waals surface area (Å²) in [6, 6.07) is 14.8. The molecule has 0 atom stereocenters. The average molecular weight is 310 g/mol. The van der Waals surface area contributed by atoms with Crippen molar-refractivity contribution in [1.82, 2.24) is 0 Å². The molecule has 0 bridgehead atoms. The number of anilines is 2. The monoisotopic (exact) mass is 310 g/mol. The van der Waals surface area contributed by atoms with Crippen LogP contribution in [0.4, 0.5) is 11.4 Å². The third kappa shape index (κ3) is 3.79. The summed E-state index contributed by atoms with van der Waals surface area (Å²) in [4.78, 5) is 2.54. The predicted octanol–water partition coefficient (Wildman–Crippen LogP) is 4.61. The first-order valence-electron chi connectivity index (χ1n) is 8.49. The highest BCUT2D eigenvalue weighted by molar-refractivity contribution is 5.58. The van der Waals surface area contributed by atoms with Crippen LogP contribution in [0.2, 0.25) is 0 Å². The van der Waals surface area contributed by atoms with Crippen molar-refractivity contribution in [1.29, 1.82) is 0 Å². The lowest BCUT2D eigenvalue weighted by atomic mass is 10.0. The Morgan fingerprint density at radius 2 is 1.74 bits per heavy atom. The quantitative estimate of drug-likeness (QED) is 0.873. The van der Waals surface area contributed by atoms with E-state index >= 15 is 0 Å². The van der Waals surface area contributed by atoms with Crippen LogP contribution in [0.3, 0.4) is 0 Å². The van der Waals surface area contributed by atoms with Crippen molar-refractivity contribution in [2.75, 3.05) is 30.4 Å². The first-order chi connectivity index (χ1) is 11.3. The number of hydrogen-bond donors (Lipinski definition) is 1. The molecule has 0 unspecified atom stereocenters. The SMILES string of the molecule is COc1ccc(NCc2c(C)cccc2N2CCCCC2)cc1. The second-order valence-electron chi connectivity index (χ2n) is 6.20. The molecule has 3 heteroatoms. The van der Waals surface area contributed by atoms with E-state index in [-0.39, 0.29) is 0 Å². The predicted molar refractivity (Wildman–Crippen MR) is 97.6 cm³/mol. The molecule has 23 heavy (non-hydrogen) atoms. The number of ether oxygens (including phenoxy) is 1. The van der Waals surface area contributed by atoms with Crippen molar-refractivity contribution < 1.29 is 4.74 Å². The summed E-state index contributed by atoms with van der Waals surface area (Å²) in [5, 5.41) is 3.55. The van der Waals surface area contributed by atoms with Gasteiger partial charge in [-0.05, 0) is 67.6 Å². The molecule has 1 saturated heterocycles. The van der Waals surface area contributed by atoms with Crippen molar-refractivity contribution >= 4 is 11.4 Å². The highest BCUT2D eigenvalue weighted by Gasteiger charge is 2.15. The number of nitrogens with one attached hydrogen (secondary N) is 1. The Bertz CT molecular complexity index is 631. The number of methoxy groups -OCH3 is 1. The maximum absolute atomic E-state index is 5.22. The van der Waals surface area contributed by atoms with Crippen molar-refractivity contribution in [2.24, 2.45) is 0 Å². The lowest BCUT2D eigenvalue weighted by molar-refractivity contribution is 0.415. The Morgan fingerprint density at radius 3 is 2.43 bits per heavy atom. The molecule has 1 aliphatic heterocycles. The minimum Gasteiger partial charge on any atom is -0.497 e. The number of hydrogen-bond acceptors (Lipinski definition) is 3. The maximum Gasteiger partial charge on any atom is 0.119 e. The molecule has 0 radical (unpaired) electrons. The van der Waals surface area contributed by atoms with Crippen molar-refractivity contribution in [3.63, 3.8) is 0 Å². The lowest BCUT2D eigenvalue weighted by Gasteiger charge is -2.31. The molecule has 0 spiro atoms. The van der Waals surface area contributed by atoms with Crippen LogP contribution in [0.5, 0.6) is 5.75 Å². The van der Waals surface area contributed by atoms with Gasteiger partial charge < -0.3 is 15.0 Å². The molecule has 3 nitrogen and oxygen atoms in total. The van der Waals surface area contributed by atoms with Gasteiger partial charge >= 0.3 is 0 Å². The van der Waals surface area contributed by atoms with Gasteiger partial charge in [0.1, 0.15) is 5.75 Å². The van der Waals surface area contributed by atoms with Gasteiger partial charge in [-0.3, -0.25) is 0 Å². The first kappa shape index (κ1) is 15.7. The normalized spacial score (nSPS) is 14.6. The second kappa shape index (κ2) is 7.40. The minimum absolute atomic E-state index is 0.852. The topological polar surface area (TPSA) is 24.5 Å². The first-order valence-corrected chi connectivity index (χ1v) is 8.49. The van der Waals surface area contributed by atoms with Gasteiger partial charge in [0, 0.05) is 31.0 Å². The van der Waals surface area contributed by atoms with Gasteiger partial charge in [0.05, 0.1) is 7.11 Å². The Morgan fingerprint density at radius 1 is 1.00 bits per heavy atom. The zero-order chi connectivity index (χ0) is 16.1. The number of nitrogens with zero attached hydrogens (tertiary/aromatic N) is 1. The van der Waals surface area contributed by atoms with Crippen LogP contribution in [0, 0.1) is 6.92 Å². The number of benzene rings is 2. The van der Waals surface area contributed by atoms with Crippen LogP contribution in [0.25, 0.3) is 0 Å². The van der Waals surface area contributed by atoms with Gasteiger partial charge in [-0.25, -0.2) is 0 Å². The number of piperidine rings is 1. The van der Waals surface area contributed by atoms with E-state index < -0.39 is 0 Å². The van der Waals surface area contributed by atoms with Crippen LogP contribution >= 0.6 is 0 Å². The van der Waals surface area contributed by atoms with Crippen LogP contribution in [0.15, 0.2) is 42.5 Å². The fourth-order valence-corrected chi connectivity index (χ4v) is 3.25. The standard InChI is InChI=1S/C20H26N2O/c1-16-7-6-8-20(22-13-4-3-5-14-22)19(16)15-21-17-9-11-18(23-2)12-10-17/h6-12,21H,3-5,13-15H2,1-2H3. The minimum atomic E-state index is 0.852. The van der Waals surface area contributed by atoms with Gasteiger partial charge in [-0.1, -0.05) is 12.1 Å². The summed E-state index contributed by atoms with van der Waals surface area (Å²) in [7, 11) is 1.70. The molecule has 2 aromatic carbocycles. The molecule has 0 aromatic heterocycles. The van der Waals surface area contributed by atoms with Crippen molar-refractivity contribution in [3.8, 4) is 5.75 Å². The fourth-order valence-electron chi connectivity index (χ4n) is 3.25. The summed E-state index contributed by atoms with van der Waals surface area (Å²) < 4.78 is 5.22. The van der Waals surface area contributed by atoms with Crippen LogP contribution in [-0.2, 0) is 6.54 Å². The second-order valence-corrected chi connectivity index (χ2v) is 6.20.